The molecule has 0 spiro atoms. The van der Waals surface area contributed by atoms with E-state index in [2.05, 4.69) is 0 Å². The molecule has 0 heterocycles. The van der Waals surface area contributed by atoms with Crippen molar-refractivity contribution in [1.29, 1.82) is 0 Å². The Kier molecular flexibility index (Phi) is 18.0. The predicted octanol–water partition coefficient (Wildman–Crippen LogP) is 0.550. The molecule has 0 atom stereocenters. The number of hydrogen-bond acceptors (Lipinski definition) is 2. The summed E-state index contributed by atoms with van der Waals surface area (Å²) in [7, 11) is 0. The van der Waals surface area contributed by atoms with Gasteiger partial charge < -0.3 is 16.9 Å². The van der Waals surface area contributed by atoms with Crippen LogP contribution >= 0.6 is 0 Å². The van der Waals surface area contributed by atoms with Crippen LogP contribution in [0.4, 0.5) is 0 Å². The van der Waals surface area contributed by atoms with Crippen molar-refractivity contribution >= 4 is 6.29 Å². The standard InChI is InChI=1S/C6H9NO.Rf.Y/c1-2-3-6(7)4-5-8;;/h2,4H,3,7H2,1H3;;/q-2;;/b6-4-;;. The summed E-state index contributed by atoms with van der Waals surface area (Å²) in [5.41, 5.74) is 5.82. The molecular formula is C6H9NORfY-2. The van der Waals surface area contributed by atoms with Gasteiger partial charge in [-0.3, -0.25) is 0 Å². The molecule has 2 N–H and O–H groups in total. The average molecular weight is 467 g/mol. The van der Waals surface area contributed by atoms with Crippen LogP contribution in [0.1, 0.15) is 13.3 Å². The summed E-state index contributed by atoms with van der Waals surface area (Å²) >= 11 is 0. The monoisotopic (exact) mass is 467 g/mol. The van der Waals surface area contributed by atoms with E-state index in [9.17, 15) is 4.79 Å². The molecule has 0 amide bonds. The predicted molar refractivity (Wildman–Crippen MR) is 32.6 cm³/mol. The summed E-state index contributed by atoms with van der Waals surface area (Å²) in [6.07, 6.45) is 5.37. The first-order chi connectivity index (χ1) is 3.81. The van der Waals surface area contributed by atoms with Crippen molar-refractivity contribution < 1.29 is 37.5 Å². The average Bonchev–Trinajstić information content (AvgIpc) is 1.68. The van der Waals surface area contributed by atoms with Crippen LogP contribution in [-0.2, 0) is 37.5 Å². The van der Waals surface area contributed by atoms with Crippen LogP contribution in [0.2, 0.25) is 0 Å². The Balaban J connectivity index is -0.000000245. The fourth-order valence-corrected chi connectivity index (χ4v) is 0.370. The Morgan fingerprint density at radius 3 is 2.60 bits per heavy atom. The number of hydrogen-bond donors (Lipinski definition) is 1. The molecule has 0 aromatic heterocycles. The fourth-order valence-electron chi connectivity index (χ4n) is 0.370. The SMILES string of the molecule is C[CH-]C/C(N)=C/[C-]=O.[Rf].[Y]. The third-order valence-electron chi connectivity index (χ3n) is 0.684. The molecule has 0 aliphatic carbocycles. The van der Waals surface area contributed by atoms with Gasteiger partial charge in [-0.1, -0.05) is 0 Å². The molecule has 0 aromatic carbocycles. The van der Waals surface area contributed by atoms with Crippen molar-refractivity contribution in [2.45, 2.75) is 13.3 Å². The Bertz CT molecular complexity index is 106. The third kappa shape index (κ3) is 10.3. The van der Waals surface area contributed by atoms with E-state index in [0.29, 0.717) is 12.1 Å². The Labute approximate surface area is 80.8 Å². The molecule has 51 valence electrons. The molecule has 1 radical (unpaired) electrons. The topological polar surface area (TPSA) is 43.1 Å². The van der Waals surface area contributed by atoms with Gasteiger partial charge in [0.1, 0.15) is 0 Å². The maximum Gasteiger partial charge on any atom is 0 e. The van der Waals surface area contributed by atoms with E-state index in [1.54, 1.807) is 6.29 Å². The quantitative estimate of drug-likeness (QED) is 0.487. The van der Waals surface area contributed by atoms with Gasteiger partial charge in [0.2, 0.25) is 0 Å². The van der Waals surface area contributed by atoms with E-state index in [1.807, 2.05) is 13.3 Å². The van der Waals surface area contributed by atoms with Crippen molar-refractivity contribution in [3.63, 3.8) is 0 Å². The van der Waals surface area contributed by atoms with Gasteiger partial charge in [-0.25, -0.2) is 6.42 Å². The van der Waals surface area contributed by atoms with Crippen molar-refractivity contribution in [1.82, 2.24) is 0 Å². The van der Waals surface area contributed by atoms with Crippen LogP contribution in [0.15, 0.2) is 11.8 Å². The molecule has 0 aliphatic rings. The summed E-state index contributed by atoms with van der Waals surface area (Å²) in [6, 6.07) is 0. The molecule has 0 saturated heterocycles. The van der Waals surface area contributed by atoms with Gasteiger partial charge in [0.25, 0.3) is 0 Å². The minimum atomic E-state index is 0. The van der Waals surface area contributed by atoms with Crippen LogP contribution < -0.4 is 5.73 Å². The first-order valence-corrected chi connectivity index (χ1v) is 2.41. The molecule has 0 unspecified atom stereocenters. The Morgan fingerprint density at radius 2 is 2.30 bits per heavy atom. The van der Waals surface area contributed by atoms with Gasteiger partial charge in [-0.05, 0) is 6.29 Å². The van der Waals surface area contributed by atoms with Gasteiger partial charge in [0, 0.05) is 32.7 Å². The number of nitrogens with two attached hydrogens (primary N) is 1. The van der Waals surface area contributed by atoms with Crippen LogP contribution in [0.25, 0.3) is 0 Å². The summed E-state index contributed by atoms with van der Waals surface area (Å²) in [5.74, 6) is 0. The molecule has 4 heteroatoms. The summed E-state index contributed by atoms with van der Waals surface area (Å²) in [5, 5.41) is 0. The van der Waals surface area contributed by atoms with E-state index in [1.165, 1.54) is 6.08 Å². The molecule has 0 fully saturated rings. The normalized spacial score (nSPS) is 9.10. The molecular weight excluding hydrogens is 458 g/mol. The van der Waals surface area contributed by atoms with Crippen LogP contribution in [0.5, 0.6) is 0 Å². The van der Waals surface area contributed by atoms with Crippen molar-refractivity contribution in [2.24, 2.45) is 5.73 Å². The molecule has 0 rings (SSSR count). The van der Waals surface area contributed by atoms with Crippen molar-refractivity contribution in [3.8, 4) is 0 Å². The van der Waals surface area contributed by atoms with Gasteiger partial charge in [-0.2, -0.15) is 18.7 Å². The molecule has 2 nitrogen and oxygen atoms in total. The number of carbonyl (C=O) groups excluding carboxylic acids is 1. The van der Waals surface area contributed by atoms with E-state index < -0.39 is 0 Å². The number of rotatable bonds is 3. The maximum atomic E-state index is 9.59. The van der Waals surface area contributed by atoms with E-state index >= 15 is 0 Å². The second-order valence-corrected chi connectivity index (χ2v) is 1.45. The van der Waals surface area contributed by atoms with Gasteiger partial charge in [-0.15, -0.1) is 0 Å². The molecule has 0 aliphatic heterocycles. The van der Waals surface area contributed by atoms with Crippen molar-refractivity contribution in [2.75, 3.05) is 0 Å². The molecule has 0 bridgehead atoms. The van der Waals surface area contributed by atoms with Crippen LogP contribution in [-0.4, -0.2) is 6.29 Å². The zero-order chi connectivity index (χ0) is 6.41. The number of allylic oxidation sites excluding steroid dienone is 2. The second-order valence-electron chi connectivity index (χ2n) is 1.45. The summed E-state index contributed by atoms with van der Waals surface area (Å²) in [6.45, 7) is 1.88. The minimum Gasteiger partial charge on any atom is -0.481 e. The van der Waals surface area contributed by atoms with E-state index in [4.69, 9.17) is 5.73 Å². The van der Waals surface area contributed by atoms with Crippen LogP contribution in [0, 0.1) is 6.42 Å². The first-order valence-electron chi connectivity index (χ1n) is 2.41. The zero-order valence-electron chi connectivity index (χ0n) is 6.13. The smallest absolute Gasteiger partial charge is 0 e. The summed E-state index contributed by atoms with van der Waals surface area (Å²) < 4.78 is 0. The molecule has 10 heavy (non-hydrogen) atoms. The van der Waals surface area contributed by atoms with E-state index in [-0.39, 0.29) is 32.7 Å². The Morgan fingerprint density at radius 1 is 1.80 bits per heavy atom. The Hall–Kier alpha value is -0.686. The van der Waals surface area contributed by atoms with Crippen molar-refractivity contribution in [3.05, 3.63) is 18.2 Å². The third-order valence-corrected chi connectivity index (χ3v) is 0.684. The first kappa shape index (κ1) is 16.1. The second kappa shape index (κ2) is 11.2. The van der Waals surface area contributed by atoms with Crippen LogP contribution in [0.3, 0.4) is 0 Å². The minimum absolute atomic E-state index is 0. The van der Waals surface area contributed by atoms with Gasteiger partial charge >= 0.3 is 0 Å². The van der Waals surface area contributed by atoms with Gasteiger partial charge in [0.05, 0.1) is 0 Å². The largest absolute Gasteiger partial charge is 0.481 e. The maximum absolute atomic E-state index is 9.59. The van der Waals surface area contributed by atoms with E-state index in [0.717, 1.165) is 0 Å². The summed E-state index contributed by atoms with van der Waals surface area (Å²) in [4.78, 5) is 9.59. The zero-order valence-corrected chi connectivity index (χ0v) is 15.4. The molecule has 0 saturated carbocycles. The van der Waals surface area contributed by atoms with Gasteiger partial charge in [0.15, 0.2) is 0 Å². The fraction of sp³-hybridized carbons (Fsp3) is 0.333. The molecule has 0 aromatic rings.